The molecule has 0 spiro atoms. The zero-order valence-corrected chi connectivity index (χ0v) is 19.9. The second kappa shape index (κ2) is 9.64. The van der Waals surface area contributed by atoms with E-state index in [-0.39, 0.29) is 29.2 Å². The summed E-state index contributed by atoms with van der Waals surface area (Å²) in [4.78, 5) is 14.9. The summed E-state index contributed by atoms with van der Waals surface area (Å²) >= 11 is 7.42. The van der Waals surface area contributed by atoms with Crippen LogP contribution in [0.5, 0.6) is 0 Å². The molecular formula is C22H23ClN4O3S2. The van der Waals surface area contributed by atoms with Crippen LogP contribution in [0.1, 0.15) is 13.3 Å². The van der Waals surface area contributed by atoms with E-state index in [9.17, 15) is 13.2 Å². The van der Waals surface area contributed by atoms with Crippen LogP contribution in [0.15, 0.2) is 59.8 Å². The minimum Gasteiger partial charge on any atom is -0.308 e. The molecule has 3 aromatic rings. The lowest BCUT2D eigenvalue weighted by Gasteiger charge is -2.28. The van der Waals surface area contributed by atoms with E-state index in [1.165, 1.54) is 11.8 Å². The van der Waals surface area contributed by atoms with Crippen LogP contribution in [0, 0.1) is 0 Å². The Balaban J connectivity index is 1.55. The normalized spacial score (nSPS) is 17.4. The fourth-order valence-electron chi connectivity index (χ4n) is 3.84. The number of benzene rings is 2. The summed E-state index contributed by atoms with van der Waals surface area (Å²) in [6, 6.07) is 16.3. The van der Waals surface area contributed by atoms with Crippen LogP contribution >= 0.6 is 23.4 Å². The van der Waals surface area contributed by atoms with E-state index in [2.05, 4.69) is 10.2 Å². The Kier molecular flexibility index (Phi) is 6.88. The fourth-order valence-corrected chi connectivity index (χ4v) is 6.60. The number of aromatic nitrogens is 3. The quantitative estimate of drug-likeness (QED) is 0.466. The van der Waals surface area contributed by atoms with Crippen molar-refractivity contribution in [2.75, 3.05) is 22.2 Å². The highest BCUT2D eigenvalue weighted by molar-refractivity contribution is 7.99. The summed E-state index contributed by atoms with van der Waals surface area (Å²) in [7, 11) is -3.13. The molecule has 2 heterocycles. The van der Waals surface area contributed by atoms with Gasteiger partial charge in [0.1, 0.15) is 0 Å². The van der Waals surface area contributed by atoms with Crippen molar-refractivity contribution in [2.24, 2.45) is 0 Å². The van der Waals surface area contributed by atoms with Crippen molar-refractivity contribution in [3.8, 4) is 11.4 Å². The first-order valence-electron chi connectivity index (χ1n) is 10.3. The molecular weight excluding hydrogens is 468 g/mol. The third-order valence-corrected chi connectivity index (χ3v) is 8.25. The zero-order valence-electron chi connectivity index (χ0n) is 17.5. The van der Waals surface area contributed by atoms with Crippen molar-refractivity contribution < 1.29 is 13.2 Å². The van der Waals surface area contributed by atoms with E-state index in [0.717, 1.165) is 5.56 Å². The predicted molar refractivity (Wildman–Crippen MR) is 128 cm³/mol. The van der Waals surface area contributed by atoms with Crippen molar-refractivity contribution >= 4 is 44.8 Å². The second-order valence-electron chi connectivity index (χ2n) is 7.51. The fraction of sp³-hybridized carbons (Fsp3) is 0.318. The zero-order chi connectivity index (χ0) is 22.7. The number of nitrogens with zero attached hydrogens (tertiary/aromatic N) is 4. The van der Waals surface area contributed by atoms with Crippen LogP contribution < -0.4 is 4.90 Å². The molecule has 2 aromatic carbocycles. The van der Waals surface area contributed by atoms with Gasteiger partial charge in [0.15, 0.2) is 20.8 Å². The molecule has 32 heavy (non-hydrogen) atoms. The molecule has 7 nitrogen and oxygen atoms in total. The molecule has 0 radical (unpaired) electrons. The highest BCUT2D eigenvalue weighted by Crippen LogP contribution is 2.28. The number of halogens is 1. The van der Waals surface area contributed by atoms with Gasteiger partial charge in [-0.1, -0.05) is 53.7 Å². The molecule has 4 rings (SSSR count). The molecule has 168 valence electrons. The Hall–Kier alpha value is -2.36. The number of hydrogen-bond donors (Lipinski definition) is 0. The molecule has 1 amide bonds. The van der Waals surface area contributed by atoms with E-state index < -0.39 is 9.84 Å². The number of para-hydroxylation sites is 1. The monoisotopic (exact) mass is 490 g/mol. The lowest BCUT2D eigenvalue weighted by molar-refractivity contribution is -0.116. The highest BCUT2D eigenvalue weighted by Gasteiger charge is 2.35. The average molecular weight is 491 g/mol. The van der Waals surface area contributed by atoms with Gasteiger partial charge in [0.05, 0.1) is 23.3 Å². The molecule has 1 atom stereocenters. The van der Waals surface area contributed by atoms with Gasteiger partial charge in [-0.15, -0.1) is 10.2 Å². The first-order chi connectivity index (χ1) is 15.4. The number of anilines is 1. The van der Waals surface area contributed by atoms with Crippen LogP contribution in [-0.2, 0) is 21.2 Å². The third-order valence-electron chi connectivity index (χ3n) is 5.32. The van der Waals surface area contributed by atoms with Gasteiger partial charge in [0.2, 0.25) is 5.91 Å². The number of carbonyl (C=O) groups excluding carboxylic acids is 1. The van der Waals surface area contributed by atoms with E-state index in [4.69, 9.17) is 11.6 Å². The van der Waals surface area contributed by atoms with Gasteiger partial charge in [0.25, 0.3) is 0 Å². The van der Waals surface area contributed by atoms with Crippen molar-refractivity contribution in [3.05, 3.63) is 59.6 Å². The topological polar surface area (TPSA) is 85.2 Å². The molecule has 1 saturated heterocycles. The van der Waals surface area contributed by atoms with Gasteiger partial charge >= 0.3 is 0 Å². The van der Waals surface area contributed by atoms with Crippen molar-refractivity contribution in [1.82, 2.24) is 14.8 Å². The second-order valence-corrected chi connectivity index (χ2v) is 11.1. The van der Waals surface area contributed by atoms with Crippen LogP contribution in [0.3, 0.4) is 0 Å². The molecule has 1 aliphatic rings. The molecule has 1 unspecified atom stereocenters. The molecule has 0 N–H and O–H groups in total. The van der Waals surface area contributed by atoms with E-state index in [0.29, 0.717) is 34.7 Å². The Labute approximate surface area is 196 Å². The largest absolute Gasteiger partial charge is 0.308 e. The molecule has 10 heteroatoms. The maximum atomic E-state index is 13.3. The summed E-state index contributed by atoms with van der Waals surface area (Å²) in [5, 5.41) is 9.83. The van der Waals surface area contributed by atoms with Crippen LogP contribution in [0.2, 0.25) is 5.02 Å². The van der Waals surface area contributed by atoms with Gasteiger partial charge in [-0.2, -0.15) is 0 Å². The molecule has 0 aliphatic carbocycles. The molecule has 0 bridgehead atoms. The Bertz CT molecular complexity index is 1210. The predicted octanol–water partition coefficient (Wildman–Crippen LogP) is 3.93. The number of carbonyl (C=O) groups is 1. The third kappa shape index (κ3) is 5.00. The van der Waals surface area contributed by atoms with E-state index in [1.54, 1.807) is 11.0 Å². The number of rotatable bonds is 7. The van der Waals surface area contributed by atoms with E-state index >= 15 is 0 Å². The lowest BCUT2D eigenvalue weighted by Crippen LogP contribution is -2.42. The molecule has 1 fully saturated rings. The van der Waals surface area contributed by atoms with Gasteiger partial charge in [-0.3, -0.25) is 4.79 Å². The standard InChI is InChI=1S/C22H23ClN4O3S2/c1-2-26-21(16-7-6-8-17(23)13-16)24-25-22(26)31-14-20(28)27(18-9-4-3-5-10-18)19-11-12-32(29,30)15-19/h3-10,13,19H,2,11-12,14-15H2,1H3. The Morgan fingerprint density at radius 2 is 1.97 bits per heavy atom. The van der Waals surface area contributed by atoms with Gasteiger partial charge in [-0.05, 0) is 37.6 Å². The van der Waals surface area contributed by atoms with Crippen molar-refractivity contribution in [1.29, 1.82) is 0 Å². The smallest absolute Gasteiger partial charge is 0.237 e. The number of sulfone groups is 1. The minimum absolute atomic E-state index is 0.0115. The van der Waals surface area contributed by atoms with Gasteiger partial charge in [0, 0.05) is 22.8 Å². The van der Waals surface area contributed by atoms with Crippen LogP contribution in [-0.4, -0.2) is 52.4 Å². The minimum atomic E-state index is -3.13. The van der Waals surface area contributed by atoms with Crippen LogP contribution in [0.4, 0.5) is 5.69 Å². The molecule has 1 aromatic heterocycles. The van der Waals surface area contributed by atoms with Crippen molar-refractivity contribution in [2.45, 2.75) is 31.1 Å². The first kappa shape index (κ1) is 22.8. The summed E-state index contributed by atoms with van der Waals surface area (Å²) in [5.41, 5.74) is 1.56. The number of hydrogen-bond acceptors (Lipinski definition) is 6. The van der Waals surface area contributed by atoms with Crippen LogP contribution in [0.25, 0.3) is 11.4 Å². The van der Waals surface area contributed by atoms with E-state index in [1.807, 2.05) is 60.0 Å². The Morgan fingerprint density at radius 1 is 1.19 bits per heavy atom. The van der Waals surface area contributed by atoms with Crippen molar-refractivity contribution in [3.63, 3.8) is 0 Å². The SMILES string of the molecule is CCn1c(SCC(=O)N(c2ccccc2)C2CCS(=O)(=O)C2)nnc1-c1cccc(Cl)c1. The lowest BCUT2D eigenvalue weighted by atomic mass is 10.2. The number of thioether (sulfide) groups is 1. The molecule has 0 saturated carbocycles. The van der Waals surface area contributed by atoms with Gasteiger partial charge in [-0.25, -0.2) is 8.42 Å². The summed E-state index contributed by atoms with van der Waals surface area (Å²) in [5.74, 6) is 0.751. The Morgan fingerprint density at radius 3 is 2.62 bits per heavy atom. The maximum Gasteiger partial charge on any atom is 0.237 e. The summed E-state index contributed by atoms with van der Waals surface area (Å²) in [6.45, 7) is 2.62. The average Bonchev–Trinajstić information content (AvgIpc) is 3.35. The summed E-state index contributed by atoms with van der Waals surface area (Å²) < 4.78 is 26.0. The first-order valence-corrected chi connectivity index (χ1v) is 13.5. The highest BCUT2D eigenvalue weighted by atomic mass is 35.5. The molecule has 1 aliphatic heterocycles. The summed E-state index contributed by atoms with van der Waals surface area (Å²) in [6.07, 6.45) is 0.442. The number of amides is 1. The van der Waals surface area contributed by atoms with Gasteiger partial charge < -0.3 is 9.47 Å². The maximum absolute atomic E-state index is 13.3.